The van der Waals surface area contributed by atoms with Crippen molar-refractivity contribution in [2.24, 2.45) is 5.10 Å². The molecule has 10 heteroatoms. The maximum atomic E-state index is 12.9. The van der Waals surface area contributed by atoms with Gasteiger partial charge in [0.05, 0.1) is 39.7 Å². The van der Waals surface area contributed by atoms with E-state index in [9.17, 15) is 9.59 Å². The number of amides is 1. The Labute approximate surface area is 214 Å². The first-order valence-electron chi connectivity index (χ1n) is 11.3. The number of ether oxygens (including phenoxy) is 6. The minimum atomic E-state index is -0.646. The second-order valence-corrected chi connectivity index (χ2v) is 7.34. The molecular weight excluding hydrogens is 480 g/mol. The molecule has 37 heavy (non-hydrogen) atoms. The van der Waals surface area contributed by atoms with Crippen molar-refractivity contribution in [1.29, 1.82) is 0 Å². The molecular formula is C27H28N2O8. The van der Waals surface area contributed by atoms with Crippen LogP contribution in [0, 0.1) is 0 Å². The normalized spacial score (nSPS) is 10.5. The van der Waals surface area contributed by atoms with Crippen molar-refractivity contribution in [2.45, 2.75) is 6.92 Å². The second kappa shape index (κ2) is 13.4. The molecule has 0 saturated heterocycles. The molecule has 0 saturated carbocycles. The number of carbonyl (C=O) groups is 2. The van der Waals surface area contributed by atoms with Gasteiger partial charge in [-0.3, -0.25) is 4.79 Å². The van der Waals surface area contributed by atoms with E-state index in [2.05, 4.69) is 10.5 Å². The Kier molecular flexibility index (Phi) is 9.72. The minimum absolute atomic E-state index is 0.179. The van der Waals surface area contributed by atoms with Crippen LogP contribution in [0.2, 0.25) is 0 Å². The standard InChI is InChI=1S/C27H28N2O8/c1-5-35-22-13-18(16-28-29-25(30)17-36-20-9-7-6-8-10-20)11-12-21(22)37-27(31)19-14-23(32-2)26(34-4)24(15-19)33-3/h6-16H,5,17H2,1-4H3,(H,29,30). The third kappa shape index (κ3) is 7.38. The largest absolute Gasteiger partial charge is 0.493 e. The molecule has 0 aliphatic heterocycles. The van der Waals surface area contributed by atoms with Crippen LogP contribution in [-0.4, -0.2) is 52.6 Å². The molecule has 194 valence electrons. The Balaban J connectivity index is 1.68. The first kappa shape index (κ1) is 26.9. The molecule has 0 spiro atoms. The fraction of sp³-hybridized carbons (Fsp3) is 0.222. The van der Waals surface area contributed by atoms with Crippen molar-refractivity contribution in [3.8, 4) is 34.5 Å². The number of hydrogen-bond donors (Lipinski definition) is 1. The molecule has 3 aromatic rings. The highest BCUT2D eigenvalue weighted by atomic mass is 16.6. The first-order valence-corrected chi connectivity index (χ1v) is 11.3. The zero-order valence-electron chi connectivity index (χ0n) is 21.0. The Bertz CT molecular complexity index is 1220. The molecule has 0 aromatic heterocycles. The molecule has 3 rings (SSSR count). The van der Waals surface area contributed by atoms with E-state index in [0.717, 1.165) is 0 Å². The quantitative estimate of drug-likeness (QED) is 0.170. The first-order chi connectivity index (χ1) is 18.0. The van der Waals surface area contributed by atoms with Gasteiger partial charge in [0.15, 0.2) is 29.6 Å². The van der Waals surface area contributed by atoms with Crippen LogP contribution in [0.25, 0.3) is 0 Å². The van der Waals surface area contributed by atoms with Crippen molar-refractivity contribution >= 4 is 18.1 Å². The highest BCUT2D eigenvalue weighted by molar-refractivity contribution is 5.93. The molecule has 0 unspecified atom stereocenters. The monoisotopic (exact) mass is 508 g/mol. The second-order valence-electron chi connectivity index (χ2n) is 7.34. The summed E-state index contributed by atoms with van der Waals surface area (Å²) in [5, 5.41) is 3.94. The van der Waals surface area contributed by atoms with E-state index >= 15 is 0 Å². The van der Waals surface area contributed by atoms with Crippen molar-refractivity contribution in [3.63, 3.8) is 0 Å². The average molecular weight is 509 g/mol. The van der Waals surface area contributed by atoms with Crippen molar-refractivity contribution in [3.05, 3.63) is 71.8 Å². The van der Waals surface area contributed by atoms with Gasteiger partial charge >= 0.3 is 5.97 Å². The van der Waals surface area contributed by atoms with Gasteiger partial charge in [-0.1, -0.05) is 18.2 Å². The topological polar surface area (TPSA) is 114 Å². The van der Waals surface area contributed by atoms with Gasteiger partial charge < -0.3 is 28.4 Å². The molecule has 0 fully saturated rings. The van der Waals surface area contributed by atoms with Crippen LogP contribution < -0.4 is 33.8 Å². The van der Waals surface area contributed by atoms with Gasteiger partial charge in [-0.05, 0) is 55.0 Å². The van der Waals surface area contributed by atoms with Crippen LogP contribution in [0.5, 0.6) is 34.5 Å². The lowest BCUT2D eigenvalue weighted by molar-refractivity contribution is -0.123. The minimum Gasteiger partial charge on any atom is -0.493 e. The molecule has 0 bridgehead atoms. The Hall–Kier alpha value is -4.73. The van der Waals surface area contributed by atoms with E-state index < -0.39 is 11.9 Å². The summed E-state index contributed by atoms with van der Waals surface area (Å²) < 4.78 is 32.5. The van der Waals surface area contributed by atoms with E-state index in [1.807, 2.05) is 18.2 Å². The van der Waals surface area contributed by atoms with E-state index in [1.54, 1.807) is 37.3 Å². The number of nitrogens with zero attached hydrogens (tertiary/aromatic N) is 1. The van der Waals surface area contributed by atoms with Gasteiger partial charge in [0, 0.05) is 0 Å². The van der Waals surface area contributed by atoms with Gasteiger partial charge in [0.1, 0.15) is 5.75 Å². The molecule has 1 N–H and O–H groups in total. The number of nitrogens with one attached hydrogen (secondary N) is 1. The smallest absolute Gasteiger partial charge is 0.343 e. The summed E-state index contributed by atoms with van der Waals surface area (Å²) in [5.41, 5.74) is 3.21. The summed E-state index contributed by atoms with van der Waals surface area (Å²) in [6.45, 7) is 1.96. The van der Waals surface area contributed by atoms with E-state index in [0.29, 0.717) is 40.9 Å². The van der Waals surface area contributed by atoms with Gasteiger partial charge in [0.2, 0.25) is 5.75 Å². The lowest BCUT2D eigenvalue weighted by Gasteiger charge is -2.15. The summed E-state index contributed by atoms with van der Waals surface area (Å²) in [6.07, 6.45) is 1.44. The third-order valence-corrected chi connectivity index (χ3v) is 4.89. The summed E-state index contributed by atoms with van der Waals surface area (Å²) in [4.78, 5) is 24.8. The van der Waals surface area contributed by atoms with Crippen LogP contribution in [0.3, 0.4) is 0 Å². The Morgan fingerprint density at radius 2 is 1.54 bits per heavy atom. The molecule has 10 nitrogen and oxygen atoms in total. The number of benzene rings is 3. The highest BCUT2D eigenvalue weighted by Crippen LogP contribution is 2.38. The molecule has 0 heterocycles. The number of hydrazone groups is 1. The lowest BCUT2D eigenvalue weighted by atomic mass is 10.1. The SMILES string of the molecule is CCOc1cc(C=NNC(=O)COc2ccccc2)ccc1OC(=O)c1cc(OC)c(OC)c(OC)c1. The zero-order valence-corrected chi connectivity index (χ0v) is 21.0. The summed E-state index contributed by atoms with van der Waals surface area (Å²) in [7, 11) is 4.39. The number of rotatable bonds is 12. The van der Waals surface area contributed by atoms with E-state index in [4.69, 9.17) is 28.4 Å². The van der Waals surface area contributed by atoms with Gasteiger partial charge in [-0.25, -0.2) is 10.2 Å². The fourth-order valence-electron chi connectivity index (χ4n) is 3.19. The predicted octanol–water partition coefficient (Wildman–Crippen LogP) is 3.86. The average Bonchev–Trinajstić information content (AvgIpc) is 2.93. The lowest BCUT2D eigenvalue weighted by Crippen LogP contribution is -2.24. The molecule has 1 amide bonds. The molecule has 0 radical (unpaired) electrons. The van der Waals surface area contributed by atoms with E-state index in [1.165, 1.54) is 39.7 Å². The van der Waals surface area contributed by atoms with Gasteiger partial charge in [-0.15, -0.1) is 0 Å². The zero-order chi connectivity index (χ0) is 26.6. The number of carbonyl (C=O) groups excluding carboxylic acids is 2. The van der Waals surface area contributed by atoms with Crippen LogP contribution in [0.4, 0.5) is 0 Å². The molecule has 3 aromatic carbocycles. The summed E-state index contributed by atoms with van der Waals surface area (Å²) >= 11 is 0. The van der Waals surface area contributed by atoms with Gasteiger partial charge in [0.25, 0.3) is 5.91 Å². The summed E-state index contributed by atoms with van der Waals surface area (Å²) in [6, 6.07) is 16.8. The molecule has 0 aliphatic rings. The molecule has 0 aliphatic carbocycles. The summed E-state index contributed by atoms with van der Waals surface area (Å²) in [5.74, 6) is 1.05. The van der Waals surface area contributed by atoms with Gasteiger partial charge in [-0.2, -0.15) is 5.10 Å². The molecule has 0 atom stereocenters. The Morgan fingerprint density at radius 3 is 2.16 bits per heavy atom. The maximum absolute atomic E-state index is 12.9. The van der Waals surface area contributed by atoms with Crippen LogP contribution >= 0.6 is 0 Å². The fourth-order valence-corrected chi connectivity index (χ4v) is 3.19. The van der Waals surface area contributed by atoms with Crippen LogP contribution in [0.1, 0.15) is 22.8 Å². The maximum Gasteiger partial charge on any atom is 0.343 e. The van der Waals surface area contributed by atoms with Crippen LogP contribution in [0.15, 0.2) is 65.8 Å². The highest BCUT2D eigenvalue weighted by Gasteiger charge is 2.20. The Morgan fingerprint density at radius 1 is 0.838 bits per heavy atom. The van der Waals surface area contributed by atoms with Crippen molar-refractivity contribution in [2.75, 3.05) is 34.5 Å². The van der Waals surface area contributed by atoms with Crippen molar-refractivity contribution in [1.82, 2.24) is 5.43 Å². The van der Waals surface area contributed by atoms with E-state index in [-0.39, 0.29) is 17.9 Å². The number of hydrogen-bond acceptors (Lipinski definition) is 9. The van der Waals surface area contributed by atoms with Crippen LogP contribution in [-0.2, 0) is 4.79 Å². The number of esters is 1. The third-order valence-electron chi connectivity index (χ3n) is 4.89. The number of para-hydroxylation sites is 1. The predicted molar refractivity (Wildman–Crippen MR) is 136 cm³/mol. The van der Waals surface area contributed by atoms with Crippen molar-refractivity contribution < 1.29 is 38.0 Å². The number of methoxy groups -OCH3 is 3.